The monoisotopic (exact) mass is 286 g/mol. The van der Waals surface area contributed by atoms with Crippen molar-refractivity contribution in [2.24, 2.45) is 0 Å². The second-order valence-corrected chi connectivity index (χ2v) is 4.45. The van der Waals surface area contributed by atoms with Gasteiger partial charge in [0, 0.05) is 36.7 Å². The molecule has 0 bridgehead atoms. The lowest BCUT2D eigenvalue weighted by molar-refractivity contribution is 0.0773. The topological polar surface area (TPSA) is 67.2 Å². The van der Waals surface area contributed by atoms with E-state index in [0.29, 0.717) is 24.3 Å². The first-order valence-corrected chi connectivity index (χ1v) is 6.84. The molecular weight excluding hydrogens is 268 g/mol. The fraction of sp³-hybridized carbons (Fsp3) is 0.267. The first kappa shape index (κ1) is 14.8. The second kappa shape index (κ2) is 6.69. The second-order valence-electron chi connectivity index (χ2n) is 4.45. The largest absolute Gasteiger partial charge is 0.339 e. The van der Waals surface area contributed by atoms with Gasteiger partial charge in [-0.15, -0.1) is 0 Å². The standard InChI is InChI=1S/C15H18N4O2/c1-3-18(4-2)14(20)12-5-7-13(8-6-12)17-15(21)19-10-9-16-11-19/h5-11H,3-4H2,1-2H3,(H,17,21). The third kappa shape index (κ3) is 3.47. The number of amides is 2. The minimum absolute atomic E-state index is 0.00696. The molecule has 6 nitrogen and oxygen atoms in total. The number of benzene rings is 1. The first-order chi connectivity index (χ1) is 10.2. The molecule has 21 heavy (non-hydrogen) atoms. The van der Waals surface area contributed by atoms with E-state index in [-0.39, 0.29) is 11.9 Å². The Labute approximate surface area is 123 Å². The van der Waals surface area contributed by atoms with Gasteiger partial charge < -0.3 is 10.2 Å². The number of aromatic nitrogens is 2. The maximum Gasteiger partial charge on any atom is 0.331 e. The van der Waals surface area contributed by atoms with E-state index in [1.54, 1.807) is 35.4 Å². The van der Waals surface area contributed by atoms with Crippen molar-refractivity contribution in [3.63, 3.8) is 0 Å². The maximum absolute atomic E-state index is 12.2. The van der Waals surface area contributed by atoms with Crippen LogP contribution in [0.5, 0.6) is 0 Å². The summed E-state index contributed by atoms with van der Waals surface area (Å²) in [6.07, 6.45) is 4.52. The average Bonchev–Trinajstić information content (AvgIpc) is 3.03. The summed E-state index contributed by atoms with van der Waals surface area (Å²) < 4.78 is 1.34. The molecule has 0 atom stereocenters. The molecule has 1 N–H and O–H groups in total. The number of anilines is 1. The summed E-state index contributed by atoms with van der Waals surface area (Å²) in [6, 6.07) is 6.56. The molecule has 1 aromatic heterocycles. The lowest BCUT2D eigenvalue weighted by Gasteiger charge is -2.18. The quantitative estimate of drug-likeness (QED) is 0.938. The zero-order valence-corrected chi connectivity index (χ0v) is 12.1. The molecule has 2 aromatic rings. The van der Waals surface area contributed by atoms with Gasteiger partial charge in [0.1, 0.15) is 6.33 Å². The molecule has 0 saturated heterocycles. The molecule has 2 rings (SSSR count). The molecule has 6 heteroatoms. The van der Waals surface area contributed by atoms with Crippen LogP contribution in [0.25, 0.3) is 0 Å². The highest BCUT2D eigenvalue weighted by Crippen LogP contribution is 2.12. The molecule has 110 valence electrons. The van der Waals surface area contributed by atoms with Crippen molar-refractivity contribution in [2.75, 3.05) is 18.4 Å². The fourth-order valence-corrected chi connectivity index (χ4v) is 1.96. The van der Waals surface area contributed by atoms with Gasteiger partial charge in [-0.25, -0.2) is 9.78 Å². The Bertz CT molecular complexity index is 601. The molecule has 2 amide bonds. The van der Waals surface area contributed by atoms with Gasteiger partial charge in [0.25, 0.3) is 5.91 Å². The Morgan fingerprint density at radius 1 is 1.19 bits per heavy atom. The predicted molar refractivity (Wildman–Crippen MR) is 80.3 cm³/mol. The zero-order chi connectivity index (χ0) is 15.2. The predicted octanol–water partition coefficient (Wildman–Crippen LogP) is 2.45. The SMILES string of the molecule is CCN(CC)C(=O)c1ccc(NC(=O)n2ccnc2)cc1. The highest BCUT2D eigenvalue weighted by atomic mass is 16.2. The van der Waals surface area contributed by atoms with Gasteiger partial charge in [-0.05, 0) is 38.1 Å². The summed E-state index contributed by atoms with van der Waals surface area (Å²) in [7, 11) is 0. The van der Waals surface area contributed by atoms with Crippen LogP contribution < -0.4 is 5.32 Å². The van der Waals surface area contributed by atoms with Crippen LogP contribution in [0.3, 0.4) is 0 Å². The van der Waals surface area contributed by atoms with Crippen LogP contribution in [0, 0.1) is 0 Å². The van der Waals surface area contributed by atoms with E-state index >= 15 is 0 Å². The summed E-state index contributed by atoms with van der Waals surface area (Å²) in [5.41, 5.74) is 1.24. The normalized spacial score (nSPS) is 10.2. The highest BCUT2D eigenvalue weighted by molar-refractivity contribution is 5.95. The summed E-state index contributed by atoms with van der Waals surface area (Å²) in [4.78, 5) is 29.5. The smallest absolute Gasteiger partial charge is 0.331 e. The van der Waals surface area contributed by atoms with Crippen LogP contribution in [-0.2, 0) is 0 Å². The molecule has 0 aliphatic heterocycles. The van der Waals surface area contributed by atoms with Gasteiger partial charge in [0.05, 0.1) is 0 Å². The van der Waals surface area contributed by atoms with Crippen molar-refractivity contribution in [1.82, 2.24) is 14.5 Å². The number of nitrogens with zero attached hydrogens (tertiary/aromatic N) is 3. The Balaban J connectivity index is 2.05. The maximum atomic E-state index is 12.2. The number of imidazole rings is 1. The van der Waals surface area contributed by atoms with Gasteiger partial charge in [-0.3, -0.25) is 9.36 Å². The molecule has 0 fully saturated rings. The third-order valence-corrected chi connectivity index (χ3v) is 3.17. The molecule has 0 spiro atoms. The van der Waals surface area contributed by atoms with Crippen LogP contribution in [-0.4, -0.2) is 39.5 Å². The van der Waals surface area contributed by atoms with Crippen molar-refractivity contribution < 1.29 is 9.59 Å². The van der Waals surface area contributed by atoms with E-state index in [0.717, 1.165) is 0 Å². The van der Waals surface area contributed by atoms with Crippen molar-refractivity contribution >= 4 is 17.6 Å². The third-order valence-electron chi connectivity index (χ3n) is 3.17. The summed E-state index contributed by atoms with van der Waals surface area (Å²) in [5, 5.41) is 2.73. The van der Waals surface area contributed by atoms with E-state index < -0.39 is 0 Å². The summed E-state index contributed by atoms with van der Waals surface area (Å²) in [6.45, 7) is 5.24. The van der Waals surface area contributed by atoms with Gasteiger partial charge in [-0.1, -0.05) is 0 Å². The van der Waals surface area contributed by atoms with Crippen LogP contribution in [0.2, 0.25) is 0 Å². The molecule has 1 heterocycles. The number of nitrogens with one attached hydrogen (secondary N) is 1. The van der Waals surface area contributed by atoms with Crippen molar-refractivity contribution in [3.8, 4) is 0 Å². The van der Waals surface area contributed by atoms with Crippen molar-refractivity contribution in [2.45, 2.75) is 13.8 Å². The van der Waals surface area contributed by atoms with Crippen molar-refractivity contribution in [1.29, 1.82) is 0 Å². The van der Waals surface area contributed by atoms with Crippen LogP contribution >= 0.6 is 0 Å². The van der Waals surface area contributed by atoms with Crippen LogP contribution in [0.1, 0.15) is 24.2 Å². The molecule has 0 unspecified atom stereocenters. The molecule has 1 aromatic carbocycles. The van der Waals surface area contributed by atoms with Gasteiger partial charge in [-0.2, -0.15) is 0 Å². The fourth-order valence-electron chi connectivity index (χ4n) is 1.96. The van der Waals surface area contributed by atoms with Crippen LogP contribution in [0.15, 0.2) is 43.0 Å². The lowest BCUT2D eigenvalue weighted by atomic mass is 10.2. The first-order valence-electron chi connectivity index (χ1n) is 6.84. The van der Waals surface area contributed by atoms with E-state index in [2.05, 4.69) is 10.3 Å². The highest BCUT2D eigenvalue weighted by Gasteiger charge is 2.12. The molecule has 0 radical (unpaired) electrons. The number of carbonyl (C=O) groups excluding carboxylic acids is 2. The molecular formula is C15H18N4O2. The lowest BCUT2D eigenvalue weighted by Crippen LogP contribution is -2.30. The molecule has 0 aliphatic carbocycles. The average molecular weight is 286 g/mol. The molecule has 0 saturated carbocycles. The Morgan fingerprint density at radius 2 is 1.86 bits per heavy atom. The van der Waals surface area contributed by atoms with Gasteiger partial charge in [0.2, 0.25) is 0 Å². The van der Waals surface area contributed by atoms with Gasteiger partial charge in [0.15, 0.2) is 0 Å². The van der Waals surface area contributed by atoms with Gasteiger partial charge >= 0.3 is 6.03 Å². The number of hydrogen-bond donors (Lipinski definition) is 1. The van der Waals surface area contributed by atoms with E-state index in [1.807, 2.05) is 13.8 Å². The van der Waals surface area contributed by atoms with E-state index in [9.17, 15) is 9.59 Å². The Hall–Kier alpha value is -2.63. The summed E-state index contributed by atoms with van der Waals surface area (Å²) >= 11 is 0. The Morgan fingerprint density at radius 3 is 2.38 bits per heavy atom. The number of hydrogen-bond acceptors (Lipinski definition) is 3. The van der Waals surface area contributed by atoms with E-state index in [4.69, 9.17) is 0 Å². The number of carbonyl (C=O) groups is 2. The number of rotatable bonds is 4. The zero-order valence-electron chi connectivity index (χ0n) is 12.1. The Kier molecular flexibility index (Phi) is 4.71. The minimum atomic E-state index is -0.296. The van der Waals surface area contributed by atoms with Crippen LogP contribution in [0.4, 0.5) is 10.5 Å². The minimum Gasteiger partial charge on any atom is -0.339 e. The van der Waals surface area contributed by atoms with Crippen molar-refractivity contribution in [3.05, 3.63) is 48.5 Å². The summed E-state index contributed by atoms with van der Waals surface area (Å²) in [5.74, 6) is -0.00696. The van der Waals surface area contributed by atoms with E-state index in [1.165, 1.54) is 17.1 Å². The molecule has 0 aliphatic rings.